The molecule has 1 atom stereocenters. The van der Waals surface area contributed by atoms with Crippen LogP contribution in [0.4, 0.5) is 13.2 Å². The summed E-state index contributed by atoms with van der Waals surface area (Å²) in [7, 11) is 0. The third kappa shape index (κ3) is 2.86. The zero-order valence-corrected chi connectivity index (χ0v) is 7.67. The minimum atomic E-state index is -4.40. The molecule has 78 valence electrons. The zero-order valence-electron chi connectivity index (χ0n) is 7.67. The lowest BCUT2D eigenvalue weighted by molar-refractivity contribution is -0.190. The molecule has 0 fully saturated rings. The van der Waals surface area contributed by atoms with Gasteiger partial charge in [-0.2, -0.15) is 13.2 Å². The third-order valence-electron chi connectivity index (χ3n) is 1.52. The summed E-state index contributed by atoms with van der Waals surface area (Å²) >= 11 is 0. The Morgan fingerprint density at radius 2 is 2.07 bits per heavy atom. The molecule has 0 unspecified atom stereocenters. The number of nitrogens with zero attached hydrogens (tertiary/aromatic N) is 2. The maximum Gasteiger partial charge on any atom is 0.425 e. The van der Waals surface area contributed by atoms with Gasteiger partial charge in [-0.15, -0.1) is 0 Å². The summed E-state index contributed by atoms with van der Waals surface area (Å²) in [5.74, 6) is 0. The molecule has 1 heterocycles. The molecule has 1 aromatic rings. The summed E-state index contributed by atoms with van der Waals surface area (Å²) in [4.78, 5) is 7.25. The van der Waals surface area contributed by atoms with Crippen molar-refractivity contribution in [3.8, 4) is 6.01 Å². The fourth-order valence-corrected chi connectivity index (χ4v) is 0.708. The molecule has 0 amide bonds. The van der Waals surface area contributed by atoms with Gasteiger partial charge in [-0.25, -0.2) is 9.97 Å². The Morgan fingerprint density at radius 3 is 2.57 bits per heavy atom. The van der Waals surface area contributed by atoms with Gasteiger partial charge < -0.3 is 4.74 Å². The van der Waals surface area contributed by atoms with Crippen molar-refractivity contribution in [2.24, 2.45) is 0 Å². The lowest BCUT2D eigenvalue weighted by Crippen LogP contribution is -2.31. The number of ether oxygens (including phenoxy) is 1. The molecule has 14 heavy (non-hydrogen) atoms. The molecular weight excluding hydrogens is 197 g/mol. The van der Waals surface area contributed by atoms with Crippen LogP contribution in [0, 0.1) is 6.92 Å². The van der Waals surface area contributed by atoms with Gasteiger partial charge in [-0.1, -0.05) is 0 Å². The number of hydrogen-bond acceptors (Lipinski definition) is 3. The Hall–Kier alpha value is -1.33. The van der Waals surface area contributed by atoms with Crippen molar-refractivity contribution in [1.29, 1.82) is 0 Å². The van der Waals surface area contributed by atoms with Crippen LogP contribution in [0.15, 0.2) is 12.3 Å². The lowest BCUT2D eigenvalue weighted by Gasteiger charge is -2.15. The topological polar surface area (TPSA) is 35.0 Å². The predicted octanol–water partition coefficient (Wildman–Crippen LogP) is 2.11. The monoisotopic (exact) mass is 206 g/mol. The Morgan fingerprint density at radius 1 is 1.43 bits per heavy atom. The Kier molecular flexibility index (Phi) is 2.93. The van der Waals surface area contributed by atoms with Crippen molar-refractivity contribution in [2.45, 2.75) is 26.1 Å². The zero-order chi connectivity index (χ0) is 10.8. The van der Waals surface area contributed by atoms with Crippen molar-refractivity contribution in [2.75, 3.05) is 0 Å². The smallest absolute Gasteiger partial charge is 0.425 e. The van der Waals surface area contributed by atoms with Crippen molar-refractivity contribution in [3.05, 3.63) is 18.0 Å². The van der Waals surface area contributed by atoms with Crippen LogP contribution < -0.4 is 4.74 Å². The molecule has 0 saturated heterocycles. The van der Waals surface area contributed by atoms with E-state index in [4.69, 9.17) is 0 Å². The molecule has 6 heteroatoms. The summed E-state index contributed by atoms with van der Waals surface area (Å²) in [6.45, 7) is 2.55. The molecule has 0 bridgehead atoms. The minimum absolute atomic E-state index is 0.255. The van der Waals surface area contributed by atoms with Crippen LogP contribution >= 0.6 is 0 Å². The number of aryl methyl sites for hydroxylation is 1. The van der Waals surface area contributed by atoms with Crippen LogP contribution in [0.25, 0.3) is 0 Å². The highest BCUT2D eigenvalue weighted by Crippen LogP contribution is 2.22. The van der Waals surface area contributed by atoms with Crippen molar-refractivity contribution in [1.82, 2.24) is 9.97 Å². The fourth-order valence-electron chi connectivity index (χ4n) is 0.708. The second kappa shape index (κ2) is 3.81. The van der Waals surface area contributed by atoms with E-state index in [1.165, 1.54) is 6.20 Å². The van der Waals surface area contributed by atoms with Gasteiger partial charge in [-0.05, 0) is 19.9 Å². The normalized spacial score (nSPS) is 13.8. The van der Waals surface area contributed by atoms with Crippen molar-refractivity contribution in [3.63, 3.8) is 0 Å². The molecular formula is C8H9F3N2O. The van der Waals surface area contributed by atoms with Crippen LogP contribution in [-0.2, 0) is 0 Å². The van der Waals surface area contributed by atoms with Gasteiger partial charge >= 0.3 is 12.2 Å². The van der Waals surface area contributed by atoms with E-state index in [2.05, 4.69) is 14.7 Å². The summed E-state index contributed by atoms with van der Waals surface area (Å²) in [6, 6.07) is 1.32. The van der Waals surface area contributed by atoms with E-state index in [9.17, 15) is 13.2 Å². The minimum Gasteiger partial charge on any atom is -0.451 e. The Bertz CT molecular complexity index is 314. The molecule has 3 nitrogen and oxygen atoms in total. The first-order valence-corrected chi connectivity index (χ1v) is 3.92. The van der Waals surface area contributed by atoms with Crippen molar-refractivity contribution >= 4 is 0 Å². The van der Waals surface area contributed by atoms with Crippen LogP contribution in [-0.4, -0.2) is 22.2 Å². The number of alkyl halides is 3. The summed E-state index contributed by atoms with van der Waals surface area (Å²) in [5.41, 5.74) is 0.560. The Labute approximate surface area is 78.9 Å². The second-order valence-corrected chi connectivity index (χ2v) is 2.78. The van der Waals surface area contributed by atoms with E-state index in [0.29, 0.717) is 5.69 Å². The number of aromatic nitrogens is 2. The molecule has 1 rings (SSSR count). The standard InChI is InChI=1S/C8H9F3N2O/c1-5-3-4-12-7(13-5)14-6(2)8(9,10)11/h3-4,6H,1-2H3/t6-/m1/s1. The first-order chi connectivity index (χ1) is 6.39. The largest absolute Gasteiger partial charge is 0.451 e. The average molecular weight is 206 g/mol. The molecule has 1 aromatic heterocycles. The third-order valence-corrected chi connectivity index (χ3v) is 1.52. The van der Waals surface area contributed by atoms with Gasteiger partial charge in [0.1, 0.15) is 0 Å². The van der Waals surface area contributed by atoms with E-state index in [-0.39, 0.29) is 6.01 Å². The van der Waals surface area contributed by atoms with Crippen LogP contribution in [0.5, 0.6) is 6.01 Å². The quantitative estimate of drug-likeness (QED) is 0.743. The number of hydrogen-bond donors (Lipinski definition) is 0. The van der Waals surface area contributed by atoms with E-state index < -0.39 is 12.3 Å². The highest BCUT2D eigenvalue weighted by Gasteiger charge is 2.38. The van der Waals surface area contributed by atoms with Crippen molar-refractivity contribution < 1.29 is 17.9 Å². The number of rotatable bonds is 2. The molecule has 0 N–H and O–H groups in total. The van der Waals surface area contributed by atoms with Gasteiger partial charge in [0.15, 0.2) is 6.10 Å². The predicted molar refractivity (Wildman–Crippen MR) is 42.9 cm³/mol. The molecule has 0 aliphatic carbocycles. The van der Waals surface area contributed by atoms with E-state index in [1.807, 2.05) is 0 Å². The van der Waals surface area contributed by atoms with Gasteiger partial charge in [0, 0.05) is 11.9 Å². The summed E-state index contributed by atoms with van der Waals surface area (Å²) in [5, 5.41) is 0. The van der Waals surface area contributed by atoms with Gasteiger partial charge in [-0.3, -0.25) is 0 Å². The maximum atomic E-state index is 12.1. The summed E-state index contributed by atoms with van der Waals surface area (Å²) in [6.07, 6.45) is -4.95. The molecule has 0 radical (unpaired) electrons. The molecule has 0 aliphatic rings. The van der Waals surface area contributed by atoms with Crippen LogP contribution in [0.1, 0.15) is 12.6 Å². The molecule has 0 aromatic carbocycles. The summed E-state index contributed by atoms with van der Waals surface area (Å²) < 4.78 is 40.7. The first-order valence-electron chi connectivity index (χ1n) is 3.92. The van der Waals surface area contributed by atoms with Gasteiger partial charge in [0.2, 0.25) is 0 Å². The average Bonchev–Trinajstić information content (AvgIpc) is 2.02. The Balaban J connectivity index is 2.70. The lowest BCUT2D eigenvalue weighted by atomic mass is 10.4. The van der Waals surface area contributed by atoms with Crippen LogP contribution in [0.3, 0.4) is 0 Å². The SMILES string of the molecule is Cc1ccnc(O[C@H](C)C(F)(F)F)n1. The van der Waals surface area contributed by atoms with E-state index in [0.717, 1.165) is 6.92 Å². The highest BCUT2D eigenvalue weighted by molar-refractivity contribution is 5.03. The van der Waals surface area contributed by atoms with E-state index >= 15 is 0 Å². The second-order valence-electron chi connectivity index (χ2n) is 2.78. The molecule has 0 aliphatic heterocycles. The van der Waals surface area contributed by atoms with Gasteiger partial charge in [0.25, 0.3) is 0 Å². The number of halogens is 3. The van der Waals surface area contributed by atoms with Crippen LogP contribution in [0.2, 0.25) is 0 Å². The van der Waals surface area contributed by atoms with E-state index in [1.54, 1.807) is 13.0 Å². The fraction of sp³-hybridized carbons (Fsp3) is 0.500. The highest BCUT2D eigenvalue weighted by atomic mass is 19.4. The molecule has 0 saturated carbocycles. The first kappa shape index (κ1) is 10.7. The maximum absolute atomic E-state index is 12.1. The van der Waals surface area contributed by atoms with Gasteiger partial charge in [0.05, 0.1) is 0 Å². The molecule has 0 spiro atoms.